The molecule has 0 saturated heterocycles. The quantitative estimate of drug-likeness (QED) is 0.824. The van der Waals surface area contributed by atoms with E-state index in [1.54, 1.807) is 13.2 Å². The normalized spacial score (nSPS) is 10.7. The van der Waals surface area contributed by atoms with Crippen LogP contribution in [0.2, 0.25) is 0 Å². The molecule has 0 fully saturated rings. The summed E-state index contributed by atoms with van der Waals surface area (Å²) in [5, 5.41) is 9.78. The van der Waals surface area contributed by atoms with Crippen LogP contribution < -0.4 is 19.9 Å². The predicted molar refractivity (Wildman–Crippen MR) is 79.0 cm³/mol. The second-order valence-corrected chi connectivity index (χ2v) is 4.40. The maximum absolute atomic E-state index is 9.01. The molecular weight excluding hydrogens is 274 g/mol. The highest BCUT2D eigenvalue weighted by Gasteiger charge is 2.20. The van der Waals surface area contributed by atoms with Gasteiger partial charge in [0, 0.05) is 12.0 Å². The Morgan fingerprint density at radius 3 is 2.38 bits per heavy atom. The number of anilines is 1. The molecule has 0 unspecified atom stereocenters. The molecule has 21 heavy (non-hydrogen) atoms. The number of nitrogens with two attached hydrogens (primary N) is 1. The van der Waals surface area contributed by atoms with Crippen molar-refractivity contribution in [2.75, 3.05) is 33.7 Å². The molecule has 0 bridgehead atoms. The van der Waals surface area contributed by atoms with Crippen LogP contribution in [0.3, 0.4) is 0 Å². The van der Waals surface area contributed by atoms with Crippen LogP contribution in [-0.4, -0.2) is 43.0 Å². The van der Waals surface area contributed by atoms with Gasteiger partial charge in [-0.05, 0) is 18.9 Å². The number of hydrogen-bond donors (Lipinski definition) is 2. The van der Waals surface area contributed by atoms with Crippen molar-refractivity contribution in [2.24, 2.45) is 0 Å². The molecule has 7 nitrogen and oxygen atoms in total. The number of aryl methyl sites for hydroxylation is 1. The first-order valence-electron chi connectivity index (χ1n) is 6.52. The van der Waals surface area contributed by atoms with E-state index >= 15 is 0 Å². The number of hydrogen-bond acceptors (Lipinski definition) is 7. The van der Waals surface area contributed by atoms with Crippen molar-refractivity contribution in [3.63, 3.8) is 0 Å². The molecular formula is C14H19N3O4. The Kier molecular flexibility index (Phi) is 4.64. The Hall–Kier alpha value is -2.28. The van der Waals surface area contributed by atoms with Gasteiger partial charge in [-0.2, -0.15) is 0 Å². The monoisotopic (exact) mass is 293 g/mol. The lowest BCUT2D eigenvalue weighted by molar-refractivity contribution is 0.288. The van der Waals surface area contributed by atoms with E-state index in [1.165, 1.54) is 14.2 Å². The van der Waals surface area contributed by atoms with Crippen LogP contribution in [-0.2, 0) is 6.42 Å². The van der Waals surface area contributed by atoms with Crippen LogP contribution in [0.4, 0.5) is 5.95 Å². The van der Waals surface area contributed by atoms with Gasteiger partial charge < -0.3 is 25.1 Å². The number of nitrogen functional groups attached to an aromatic ring is 1. The van der Waals surface area contributed by atoms with Crippen molar-refractivity contribution in [3.05, 3.63) is 11.8 Å². The molecule has 0 saturated carbocycles. The minimum Gasteiger partial charge on any atom is -0.493 e. The number of fused-ring (bicyclic) bond motifs is 1. The molecule has 1 aromatic heterocycles. The Bertz CT molecular complexity index is 646. The largest absolute Gasteiger partial charge is 0.493 e. The SMILES string of the molecule is COc1cc2c(CCCO)nc(N)nc2c(OC)c1OC. The number of benzene rings is 1. The first-order valence-corrected chi connectivity index (χ1v) is 6.52. The predicted octanol–water partition coefficient (Wildman–Crippen LogP) is 1.16. The van der Waals surface area contributed by atoms with E-state index in [0.29, 0.717) is 35.6 Å². The van der Waals surface area contributed by atoms with E-state index in [-0.39, 0.29) is 12.6 Å². The third-order valence-corrected chi connectivity index (χ3v) is 3.16. The average molecular weight is 293 g/mol. The first kappa shape index (κ1) is 15.1. The lowest BCUT2D eigenvalue weighted by Gasteiger charge is -2.15. The molecule has 0 radical (unpaired) electrons. The van der Waals surface area contributed by atoms with Gasteiger partial charge in [-0.1, -0.05) is 0 Å². The average Bonchev–Trinajstić information content (AvgIpc) is 2.50. The highest BCUT2D eigenvalue weighted by atomic mass is 16.5. The maximum Gasteiger partial charge on any atom is 0.220 e. The van der Waals surface area contributed by atoms with Crippen molar-refractivity contribution in [2.45, 2.75) is 12.8 Å². The molecule has 3 N–H and O–H groups in total. The van der Waals surface area contributed by atoms with E-state index in [4.69, 9.17) is 25.1 Å². The van der Waals surface area contributed by atoms with Gasteiger partial charge in [0.15, 0.2) is 11.5 Å². The van der Waals surface area contributed by atoms with Crippen molar-refractivity contribution in [3.8, 4) is 17.2 Å². The van der Waals surface area contributed by atoms with E-state index < -0.39 is 0 Å². The molecule has 7 heteroatoms. The van der Waals surface area contributed by atoms with Gasteiger partial charge in [-0.15, -0.1) is 0 Å². The molecule has 1 heterocycles. The number of aromatic nitrogens is 2. The maximum atomic E-state index is 9.01. The van der Waals surface area contributed by atoms with Gasteiger partial charge in [0.2, 0.25) is 11.7 Å². The smallest absolute Gasteiger partial charge is 0.220 e. The fraction of sp³-hybridized carbons (Fsp3) is 0.429. The van der Waals surface area contributed by atoms with Crippen LogP contribution in [0.15, 0.2) is 6.07 Å². The molecule has 0 aliphatic carbocycles. The standard InChI is InChI=1S/C14H19N3O4/c1-19-10-7-8-9(5-4-6-18)16-14(15)17-11(8)13(21-3)12(10)20-2/h7,18H,4-6H2,1-3H3,(H2,15,16,17). The van der Waals surface area contributed by atoms with Gasteiger partial charge in [0.1, 0.15) is 5.52 Å². The summed E-state index contributed by atoms with van der Waals surface area (Å²) in [6.45, 7) is 0.0792. The molecule has 114 valence electrons. The minimum absolute atomic E-state index is 0.0792. The Balaban J connectivity index is 2.77. The highest BCUT2D eigenvalue weighted by Crippen LogP contribution is 2.43. The number of nitrogens with zero attached hydrogens (tertiary/aromatic N) is 2. The third kappa shape index (κ3) is 2.78. The Morgan fingerprint density at radius 1 is 1.10 bits per heavy atom. The van der Waals surface area contributed by atoms with Crippen molar-refractivity contribution in [1.29, 1.82) is 0 Å². The van der Waals surface area contributed by atoms with Gasteiger partial charge in [0.25, 0.3) is 0 Å². The summed E-state index contributed by atoms with van der Waals surface area (Å²) in [6.07, 6.45) is 1.17. The summed E-state index contributed by atoms with van der Waals surface area (Å²) in [5.74, 6) is 1.59. The fourth-order valence-electron chi connectivity index (χ4n) is 2.25. The minimum atomic E-state index is 0.0792. The lowest BCUT2D eigenvalue weighted by Crippen LogP contribution is -2.04. The highest BCUT2D eigenvalue weighted by molar-refractivity contribution is 5.92. The third-order valence-electron chi connectivity index (χ3n) is 3.16. The van der Waals surface area contributed by atoms with Crippen LogP contribution >= 0.6 is 0 Å². The summed E-state index contributed by atoms with van der Waals surface area (Å²) >= 11 is 0. The zero-order valence-electron chi connectivity index (χ0n) is 12.3. The Morgan fingerprint density at radius 2 is 1.81 bits per heavy atom. The molecule has 0 amide bonds. The summed E-state index contributed by atoms with van der Waals surface area (Å²) < 4.78 is 16.1. The van der Waals surface area contributed by atoms with Crippen LogP contribution in [0.25, 0.3) is 10.9 Å². The van der Waals surface area contributed by atoms with Gasteiger partial charge in [-0.3, -0.25) is 0 Å². The lowest BCUT2D eigenvalue weighted by atomic mass is 10.1. The molecule has 2 rings (SSSR count). The number of ether oxygens (including phenoxy) is 3. The molecule has 0 aliphatic heterocycles. The topological polar surface area (TPSA) is 99.7 Å². The van der Waals surface area contributed by atoms with Gasteiger partial charge >= 0.3 is 0 Å². The van der Waals surface area contributed by atoms with E-state index in [9.17, 15) is 0 Å². The summed E-state index contributed by atoms with van der Waals surface area (Å²) in [6, 6.07) is 1.79. The van der Waals surface area contributed by atoms with Crippen LogP contribution in [0.1, 0.15) is 12.1 Å². The second-order valence-electron chi connectivity index (χ2n) is 4.40. The van der Waals surface area contributed by atoms with E-state index in [1.807, 2.05) is 0 Å². The zero-order chi connectivity index (χ0) is 15.4. The van der Waals surface area contributed by atoms with Crippen LogP contribution in [0, 0.1) is 0 Å². The van der Waals surface area contributed by atoms with Gasteiger partial charge in [-0.25, -0.2) is 9.97 Å². The molecule has 0 atom stereocenters. The number of aliphatic hydroxyl groups is 1. The first-order chi connectivity index (χ1) is 10.2. The Labute approximate surface area is 122 Å². The number of rotatable bonds is 6. The molecule has 2 aromatic rings. The number of aliphatic hydroxyl groups excluding tert-OH is 1. The molecule has 0 spiro atoms. The molecule has 0 aliphatic rings. The van der Waals surface area contributed by atoms with Crippen molar-refractivity contribution >= 4 is 16.9 Å². The molecule has 1 aromatic carbocycles. The summed E-state index contributed by atoms with van der Waals surface area (Å²) in [7, 11) is 4.61. The summed E-state index contributed by atoms with van der Waals surface area (Å²) in [4.78, 5) is 8.49. The van der Waals surface area contributed by atoms with Crippen molar-refractivity contribution in [1.82, 2.24) is 9.97 Å². The van der Waals surface area contributed by atoms with Crippen LogP contribution in [0.5, 0.6) is 17.2 Å². The second kappa shape index (κ2) is 6.45. The van der Waals surface area contributed by atoms with Crippen molar-refractivity contribution < 1.29 is 19.3 Å². The summed E-state index contributed by atoms with van der Waals surface area (Å²) in [5.41, 5.74) is 7.08. The zero-order valence-corrected chi connectivity index (χ0v) is 12.3. The van der Waals surface area contributed by atoms with Gasteiger partial charge in [0.05, 0.1) is 27.0 Å². The number of methoxy groups -OCH3 is 3. The fourth-order valence-corrected chi connectivity index (χ4v) is 2.25. The van der Waals surface area contributed by atoms with E-state index in [2.05, 4.69) is 9.97 Å². The van der Waals surface area contributed by atoms with E-state index in [0.717, 1.165) is 11.1 Å².